The van der Waals surface area contributed by atoms with Crippen LogP contribution >= 0.6 is 0 Å². The Morgan fingerprint density at radius 2 is 2.16 bits per heavy atom. The molecule has 0 aromatic heterocycles. The van der Waals surface area contributed by atoms with Crippen LogP contribution in [0.3, 0.4) is 0 Å². The van der Waals surface area contributed by atoms with Crippen molar-refractivity contribution in [3.8, 4) is 5.75 Å². The predicted molar refractivity (Wildman–Crippen MR) is 74.3 cm³/mol. The molecule has 19 heavy (non-hydrogen) atoms. The molecule has 1 aliphatic rings. The molecule has 4 heteroatoms. The van der Waals surface area contributed by atoms with Crippen molar-refractivity contribution in [1.29, 1.82) is 0 Å². The quantitative estimate of drug-likeness (QED) is 0.703. The van der Waals surface area contributed by atoms with Crippen LogP contribution in [0, 0.1) is 0 Å². The Bertz CT molecular complexity index is 347. The van der Waals surface area contributed by atoms with Gasteiger partial charge in [-0.1, -0.05) is 12.1 Å². The zero-order valence-electron chi connectivity index (χ0n) is 11.3. The second kappa shape index (κ2) is 8.15. The van der Waals surface area contributed by atoms with Gasteiger partial charge in [-0.2, -0.15) is 0 Å². The van der Waals surface area contributed by atoms with Crippen molar-refractivity contribution in [3.05, 3.63) is 29.8 Å². The molecule has 1 saturated heterocycles. The van der Waals surface area contributed by atoms with Crippen molar-refractivity contribution in [2.24, 2.45) is 0 Å². The van der Waals surface area contributed by atoms with E-state index in [1.54, 1.807) is 0 Å². The second-order valence-electron chi connectivity index (χ2n) is 4.84. The maximum atomic E-state index is 8.68. The largest absolute Gasteiger partial charge is 0.491 e. The highest BCUT2D eigenvalue weighted by Gasteiger charge is 2.15. The first kappa shape index (κ1) is 14.3. The number of ether oxygens (including phenoxy) is 2. The molecule has 1 atom stereocenters. The van der Waals surface area contributed by atoms with Gasteiger partial charge >= 0.3 is 0 Å². The highest BCUT2D eigenvalue weighted by Crippen LogP contribution is 2.16. The molecule has 0 aliphatic carbocycles. The van der Waals surface area contributed by atoms with E-state index >= 15 is 0 Å². The van der Waals surface area contributed by atoms with Crippen LogP contribution in [0.25, 0.3) is 0 Å². The van der Waals surface area contributed by atoms with E-state index in [1.165, 1.54) is 5.56 Å². The number of benzene rings is 1. The molecule has 1 fully saturated rings. The minimum absolute atomic E-state index is 0.239. The maximum Gasteiger partial charge on any atom is 0.119 e. The summed E-state index contributed by atoms with van der Waals surface area (Å²) in [5, 5.41) is 12.0. The summed E-state index contributed by atoms with van der Waals surface area (Å²) in [6.07, 6.45) is 3.31. The van der Waals surface area contributed by atoms with Crippen molar-refractivity contribution in [2.45, 2.75) is 31.9 Å². The van der Waals surface area contributed by atoms with Gasteiger partial charge < -0.3 is 19.9 Å². The summed E-state index contributed by atoms with van der Waals surface area (Å²) in [5.74, 6) is 0.898. The first-order valence-electron chi connectivity index (χ1n) is 7.03. The van der Waals surface area contributed by atoms with Crippen molar-refractivity contribution in [3.63, 3.8) is 0 Å². The molecule has 1 aromatic rings. The van der Waals surface area contributed by atoms with Crippen molar-refractivity contribution < 1.29 is 14.6 Å². The predicted octanol–water partition coefficient (Wildman–Crippen LogP) is 1.72. The average Bonchev–Trinajstić information content (AvgIpc) is 2.96. The van der Waals surface area contributed by atoms with Crippen LogP contribution < -0.4 is 10.1 Å². The number of aliphatic hydroxyl groups is 1. The maximum absolute atomic E-state index is 8.68. The normalized spacial score (nSPS) is 18.7. The van der Waals surface area contributed by atoms with Crippen LogP contribution in [0.15, 0.2) is 24.3 Å². The Kier molecular flexibility index (Phi) is 6.14. The van der Waals surface area contributed by atoms with Crippen LogP contribution in [0.1, 0.15) is 24.8 Å². The van der Waals surface area contributed by atoms with Gasteiger partial charge in [0.25, 0.3) is 0 Å². The van der Waals surface area contributed by atoms with E-state index in [0.717, 1.165) is 44.7 Å². The summed E-state index contributed by atoms with van der Waals surface area (Å²) < 4.78 is 11.2. The molecular weight excluding hydrogens is 242 g/mol. The topological polar surface area (TPSA) is 50.7 Å². The zero-order valence-corrected chi connectivity index (χ0v) is 11.3. The molecule has 1 heterocycles. The van der Waals surface area contributed by atoms with E-state index in [2.05, 4.69) is 17.4 Å². The molecule has 1 unspecified atom stereocenters. The van der Waals surface area contributed by atoms with Gasteiger partial charge in [0.1, 0.15) is 12.4 Å². The monoisotopic (exact) mass is 265 g/mol. The fourth-order valence-corrected chi connectivity index (χ4v) is 2.11. The van der Waals surface area contributed by atoms with Crippen molar-refractivity contribution >= 4 is 0 Å². The van der Waals surface area contributed by atoms with E-state index in [9.17, 15) is 0 Å². The van der Waals surface area contributed by atoms with E-state index in [1.807, 2.05) is 12.1 Å². The van der Waals surface area contributed by atoms with Crippen LogP contribution in [0.5, 0.6) is 5.75 Å². The minimum Gasteiger partial charge on any atom is -0.491 e. The van der Waals surface area contributed by atoms with Crippen LogP contribution in [0.4, 0.5) is 0 Å². The van der Waals surface area contributed by atoms with Gasteiger partial charge in [0.2, 0.25) is 0 Å². The van der Waals surface area contributed by atoms with Crippen LogP contribution in [-0.4, -0.2) is 37.6 Å². The minimum atomic E-state index is 0.239. The molecule has 1 aromatic carbocycles. The van der Waals surface area contributed by atoms with Gasteiger partial charge in [-0.05, 0) is 43.5 Å². The molecule has 0 saturated carbocycles. The second-order valence-corrected chi connectivity index (χ2v) is 4.84. The summed E-state index contributed by atoms with van der Waals surface area (Å²) >= 11 is 0. The van der Waals surface area contributed by atoms with E-state index in [0.29, 0.717) is 6.61 Å². The molecule has 1 aliphatic heterocycles. The molecule has 2 rings (SSSR count). The van der Waals surface area contributed by atoms with Gasteiger partial charge in [0.05, 0.1) is 6.10 Å². The van der Waals surface area contributed by atoms with Crippen LogP contribution in [0.2, 0.25) is 0 Å². The lowest BCUT2D eigenvalue weighted by molar-refractivity contribution is 0.0679. The number of aliphatic hydroxyl groups excluding tert-OH is 1. The first-order chi connectivity index (χ1) is 9.38. The smallest absolute Gasteiger partial charge is 0.119 e. The molecule has 4 nitrogen and oxygen atoms in total. The SMILES string of the molecule is OCCCNCc1ccc(OCC2CCCO2)cc1. The Hall–Kier alpha value is -1.10. The first-order valence-corrected chi connectivity index (χ1v) is 7.03. The van der Waals surface area contributed by atoms with Gasteiger partial charge in [-0.25, -0.2) is 0 Å². The Morgan fingerprint density at radius 3 is 2.84 bits per heavy atom. The summed E-state index contributed by atoms with van der Waals surface area (Å²) in [6.45, 7) is 3.42. The lowest BCUT2D eigenvalue weighted by Crippen LogP contribution is -2.16. The van der Waals surface area contributed by atoms with Gasteiger partial charge in [-0.15, -0.1) is 0 Å². The fourth-order valence-electron chi connectivity index (χ4n) is 2.11. The zero-order chi connectivity index (χ0) is 13.3. The van der Waals surface area contributed by atoms with E-state index in [4.69, 9.17) is 14.6 Å². The Balaban J connectivity index is 1.68. The number of hydrogen-bond donors (Lipinski definition) is 2. The standard InChI is InChI=1S/C15H23NO3/c17-9-2-8-16-11-13-4-6-14(7-5-13)19-12-15-3-1-10-18-15/h4-7,15-17H,1-3,8-12H2. The molecule has 0 spiro atoms. The third-order valence-electron chi connectivity index (χ3n) is 3.22. The highest BCUT2D eigenvalue weighted by molar-refractivity contribution is 5.27. The van der Waals surface area contributed by atoms with Gasteiger partial charge in [0, 0.05) is 19.8 Å². The molecule has 106 valence electrons. The van der Waals surface area contributed by atoms with E-state index < -0.39 is 0 Å². The van der Waals surface area contributed by atoms with Crippen LogP contribution in [-0.2, 0) is 11.3 Å². The van der Waals surface area contributed by atoms with Gasteiger partial charge in [-0.3, -0.25) is 0 Å². The highest BCUT2D eigenvalue weighted by atomic mass is 16.5. The summed E-state index contributed by atoms with van der Waals surface area (Å²) in [6, 6.07) is 8.13. The number of nitrogens with one attached hydrogen (secondary N) is 1. The molecule has 2 N–H and O–H groups in total. The van der Waals surface area contributed by atoms with E-state index in [-0.39, 0.29) is 12.7 Å². The van der Waals surface area contributed by atoms with Gasteiger partial charge in [0.15, 0.2) is 0 Å². The lowest BCUT2D eigenvalue weighted by atomic mass is 10.2. The fraction of sp³-hybridized carbons (Fsp3) is 0.600. The third-order valence-corrected chi connectivity index (χ3v) is 3.22. The molecule has 0 radical (unpaired) electrons. The summed E-state index contributed by atoms with van der Waals surface area (Å²) in [5.41, 5.74) is 1.22. The Labute approximate surface area is 114 Å². The van der Waals surface area contributed by atoms with Crippen molar-refractivity contribution in [1.82, 2.24) is 5.32 Å². The third kappa shape index (κ3) is 5.19. The van der Waals surface area contributed by atoms with Crippen molar-refractivity contribution in [2.75, 3.05) is 26.4 Å². The Morgan fingerprint density at radius 1 is 1.32 bits per heavy atom. The molecule has 0 amide bonds. The summed E-state index contributed by atoms with van der Waals surface area (Å²) in [4.78, 5) is 0. The summed E-state index contributed by atoms with van der Waals surface area (Å²) in [7, 11) is 0. The molecule has 0 bridgehead atoms. The number of rotatable bonds is 8. The average molecular weight is 265 g/mol. The number of hydrogen-bond acceptors (Lipinski definition) is 4. The molecular formula is C15H23NO3. The lowest BCUT2D eigenvalue weighted by Gasteiger charge is -2.12.